The Balaban J connectivity index is 4.12. The molecule has 48 heavy (non-hydrogen) atoms. The Kier molecular flexibility index (Phi) is 29.2. The average Bonchev–Trinajstić information content (AvgIpc) is 3.01. The van der Waals surface area contributed by atoms with Crippen LogP contribution >= 0.6 is 0 Å². The molecule has 0 rings (SSSR count). The monoisotopic (exact) mass is 657 g/mol. The van der Waals surface area contributed by atoms with Crippen molar-refractivity contribution in [1.29, 1.82) is 0 Å². The molecule has 0 aliphatic rings. The molecule has 0 aliphatic carbocycles. The number of hydrogen-bond donors (Lipinski definition) is 0. The van der Waals surface area contributed by atoms with Gasteiger partial charge in [0.05, 0.1) is 0 Å². The molecule has 0 nitrogen and oxygen atoms in total. The van der Waals surface area contributed by atoms with Gasteiger partial charge in [0.15, 0.2) is 0 Å². The minimum atomic E-state index is 0.846. The van der Waals surface area contributed by atoms with Crippen molar-refractivity contribution in [1.82, 2.24) is 0 Å². The second kappa shape index (κ2) is 30.7. The summed E-state index contributed by atoms with van der Waals surface area (Å²) in [7, 11) is 0. The molecular formula is C48H80. The smallest absolute Gasteiger partial charge is 0.0320 e. The summed E-state index contributed by atoms with van der Waals surface area (Å²) in [5.74, 6) is 4.42. The van der Waals surface area contributed by atoms with Crippen LogP contribution in [0.25, 0.3) is 0 Å². The first-order chi connectivity index (χ1) is 22.9. The molecule has 0 aromatic heterocycles. The van der Waals surface area contributed by atoms with E-state index in [1.165, 1.54) is 119 Å². The second-order valence-electron chi connectivity index (χ2n) is 15.9. The Morgan fingerprint density at radius 2 is 0.750 bits per heavy atom. The van der Waals surface area contributed by atoms with E-state index in [1.807, 2.05) is 12.2 Å². The van der Waals surface area contributed by atoms with Gasteiger partial charge in [-0.05, 0) is 70.1 Å². The van der Waals surface area contributed by atoms with E-state index in [4.69, 9.17) is 0 Å². The third-order valence-corrected chi connectivity index (χ3v) is 9.71. The summed E-state index contributed by atoms with van der Waals surface area (Å²) in [5, 5.41) is 0. The van der Waals surface area contributed by atoms with Gasteiger partial charge in [-0.15, -0.1) is 0 Å². The quantitative estimate of drug-likeness (QED) is 0.0735. The summed E-state index contributed by atoms with van der Waals surface area (Å²) >= 11 is 0. The molecule has 0 aliphatic heterocycles. The predicted octanol–water partition coefficient (Wildman–Crippen LogP) is 16.2. The number of hydrogen-bond acceptors (Lipinski definition) is 0. The van der Waals surface area contributed by atoms with Crippen molar-refractivity contribution >= 4 is 0 Å². The number of rotatable bonds is 28. The summed E-state index contributed by atoms with van der Waals surface area (Å²) in [6, 6.07) is 0. The Bertz CT molecular complexity index is 1050. The van der Waals surface area contributed by atoms with Crippen LogP contribution in [0, 0.1) is 29.6 Å². The highest BCUT2D eigenvalue weighted by Crippen LogP contribution is 2.24. The Hall–Kier alpha value is -2.34. The van der Waals surface area contributed by atoms with Gasteiger partial charge >= 0.3 is 0 Å². The third kappa shape index (κ3) is 31.0. The van der Waals surface area contributed by atoms with Crippen LogP contribution in [-0.4, -0.2) is 0 Å². The summed E-state index contributed by atoms with van der Waals surface area (Å²) in [4.78, 5) is 0. The van der Waals surface area contributed by atoms with E-state index in [0.29, 0.717) is 0 Å². The van der Waals surface area contributed by atoms with Gasteiger partial charge in [-0.25, -0.2) is 0 Å². The van der Waals surface area contributed by atoms with Gasteiger partial charge in [0.2, 0.25) is 0 Å². The zero-order valence-electron chi connectivity index (χ0n) is 33.7. The van der Waals surface area contributed by atoms with E-state index in [9.17, 15) is 0 Å². The lowest BCUT2D eigenvalue weighted by Gasteiger charge is -2.17. The van der Waals surface area contributed by atoms with E-state index in [1.54, 1.807) is 6.08 Å². The van der Waals surface area contributed by atoms with Crippen LogP contribution in [0.5, 0.6) is 0 Å². The maximum Gasteiger partial charge on any atom is -0.0320 e. The standard InChI is InChI=1S/C48H80/c1-12-13-14-24-41(4)26-16-28-43(6)30-18-32-45(8)34-20-36-47(10)38-22-39-48(11)37-21-35-46(9)33-19-31-44(7)29-17-27-42(5)25-15-23-40(2)3/h12-14,16,18,20,24,26,28,30,32,34,36,40,42,44,46,48H,1,15,17,19,21-23,25,27,29,31,33,35,37-39H2,2-11H3. The van der Waals surface area contributed by atoms with Crippen molar-refractivity contribution < 1.29 is 0 Å². The molecule has 0 saturated carbocycles. The minimum Gasteiger partial charge on any atom is -0.0991 e. The SMILES string of the molecule is C=CC=CC=C(C)C=CC=C(C)C=CC=C(C)C=CC=C(C)CCCC(C)CCCC(C)CCCC(C)CCCC(C)CCCC(C)C. The molecule has 0 bridgehead atoms. The van der Waals surface area contributed by atoms with Crippen molar-refractivity contribution in [3.63, 3.8) is 0 Å². The Morgan fingerprint density at radius 3 is 1.12 bits per heavy atom. The highest BCUT2D eigenvalue weighted by molar-refractivity contribution is 5.31. The van der Waals surface area contributed by atoms with Crippen LogP contribution in [0.3, 0.4) is 0 Å². The van der Waals surface area contributed by atoms with Crippen molar-refractivity contribution in [2.45, 2.75) is 166 Å². The van der Waals surface area contributed by atoms with E-state index in [2.05, 4.69) is 137 Å². The van der Waals surface area contributed by atoms with Crippen molar-refractivity contribution in [2.24, 2.45) is 29.6 Å². The first-order valence-corrected chi connectivity index (χ1v) is 19.9. The van der Waals surface area contributed by atoms with Crippen LogP contribution in [-0.2, 0) is 0 Å². The van der Waals surface area contributed by atoms with Crippen molar-refractivity contribution in [2.75, 3.05) is 0 Å². The molecule has 0 heteroatoms. The van der Waals surface area contributed by atoms with Crippen LogP contribution in [0.15, 0.2) is 108 Å². The fourth-order valence-electron chi connectivity index (χ4n) is 6.23. The summed E-state index contributed by atoms with van der Waals surface area (Å²) in [6.45, 7) is 27.0. The molecule has 0 aromatic rings. The van der Waals surface area contributed by atoms with Crippen LogP contribution in [0.4, 0.5) is 0 Å². The maximum absolute atomic E-state index is 3.69. The van der Waals surface area contributed by atoms with Gasteiger partial charge in [0.25, 0.3) is 0 Å². The van der Waals surface area contributed by atoms with Crippen LogP contribution in [0.1, 0.15) is 166 Å². The fourth-order valence-corrected chi connectivity index (χ4v) is 6.23. The second-order valence-corrected chi connectivity index (χ2v) is 15.9. The Morgan fingerprint density at radius 1 is 0.417 bits per heavy atom. The normalized spacial score (nSPS) is 16.6. The molecule has 0 aromatic carbocycles. The zero-order chi connectivity index (χ0) is 36.0. The molecule has 4 unspecified atom stereocenters. The molecule has 0 heterocycles. The first-order valence-electron chi connectivity index (χ1n) is 19.9. The lowest BCUT2D eigenvalue weighted by molar-refractivity contribution is 0.364. The molecule has 0 saturated heterocycles. The van der Waals surface area contributed by atoms with Crippen LogP contribution in [0.2, 0.25) is 0 Å². The van der Waals surface area contributed by atoms with E-state index in [0.717, 1.165) is 29.6 Å². The molecule has 0 N–H and O–H groups in total. The van der Waals surface area contributed by atoms with Gasteiger partial charge in [0.1, 0.15) is 0 Å². The van der Waals surface area contributed by atoms with E-state index < -0.39 is 0 Å². The molecule has 0 fully saturated rings. The summed E-state index contributed by atoms with van der Waals surface area (Å²) in [6.07, 6.45) is 48.2. The zero-order valence-corrected chi connectivity index (χ0v) is 33.7. The highest BCUT2D eigenvalue weighted by atomic mass is 14.2. The molecule has 272 valence electrons. The van der Waals surface area contributed by atoms with E-state index >= 15 is 0 Å². The molecule has 0 radical (unpaired) electrons. The molecule has 4 atom stereocenters. The van der Waals surface area contributed by atoms with Gasteiger partial charge in [-0.3, -0.25) is 0 Å². The lowest BCUT2D eigenvalue weighted by Crippen LogP contribution is -2.02. The van der Waals surface area contributed by atoms with Gasteiger partial charge in [-0.1, -0.05) is 233 Å². The first kappa shape index (κ1) is 45.7. The Labute approximate surface area is 302 Å². The molecule has 0 spiro atoms. The van der Waals surface area contributed by atoms with Crippen molar-refractivity contribution in [3.8, 4) is 0 Å². The lowest BCUT2D eigenvalue weighted by atomic mass is 9.89. The predicted molar refractivity (Wildman–Crippen MR) is 223 cm³/mol. The van der Waals surface area contributed by atoms with E-state index in [-0.39, 0.29) is 0 Å². The summed E-state index contributed by atoms with van der Waals surface area (Å²) < 4.78 is 0. The maximum atomic E-state index is 3.69. The van der Waals surface area contributed by atoms with Crippen molar-refractivity contribution in [3.05, 3.63) is 108 Å². The highest BCUT2D eigenvalue weighted by Gasteiger charge is 2.09. The van der Waals surface area contributed by atoms with Crippen LogP contribution < -0.4 is 0 Å². The topological polar surface area (TPSA) is 0 Å². The molecular weight excluding hydrogens is 577 g/mol. The van der Waals surface area contributed by atoms with Gasteiger partial charge in [-0.2, -0.15) is 0 Å². The van der Waals surface area contributed by atoms with Gasteiger partial charge < -0.3 is 0 Å². The average molecular weight is 657 g/mol. The largest absolute Gasteiger partial charge is 0.0991 e. The minimum absolute atomic E-state index is 0.846. The number of allylic oxidation sites excluding steroid dienone is 17. The van der Waals surface area contributed by atoms with Gasteiger partial charge in [0, 0.05) is 0 Å². The third-order valence-electron chi connectivity index (χ3n) is 9.71. The molecule has 0 amide bonds. The fraction of sp³-hybridized carbons (Fsp3) is 0.625. The summed E-state index contributed by atoms with van der Waals surface area (Å²) in [5.41, 5.74) is 5.18.